The Balaban J connectivity index is 1.78. The van der Waals surface area contributed by atoms with E-state index >= 15 is 0 Å². The SMILES string of the molecule is COc1ccc(CCNC(=O)C(C)OC(=O)c2ccnc(Cl)c2)cc1. The van der Waals surface area contributed by atoms with Crippen LogP contribution in [0.15, 0.2) is 42.6 Å². The predicted molar refractivity (Wildman–Crippen MR) is 93.8 cm³/mol. The fourth-order valence-corrected chi connectivity index (χ4v) is 2.25. The number of carbonyl (C=O) groups excluding carboxylic acids is 2. The lowest BCUT2D eigenvalue weighted by atomic mass is 10.1. The third kappa shape index (κ3) is 5.76. The molecular formula is C18H19ClN2O4. The van der Waals surface area contributed by atoms with E-state index in [1.54, 1.807) is 7.11 Å². The molecule has 0 spiro atoms. The van der Waals surface area contributed by atoms with Gasteiger partial charge in [0, 0.05) is 12.7 Å². The summed E-state index contributed by atoms with van der Waals surface area (Å²) in [5, 5.41) is 2.93. The van der Waals surface area contributed by atoms with Crippen LogP contribution < -0.4 is 10.1 Å². The van der Waals surface area contributed by atoms with Gasteiger partial charge in [-0.05, 0) is 43.2 Å². The molecule has 132 valence electrons. The van der Waals surface area contributed by atoms with Crippen molar-refractivity contribution in [1.82, 2.24) is 10.3 Å². The summed E-state index contributed by atoms with van der Waals surface area (Å²) in [6.45, 7) is 1.96. The monoisotopic (exact) mass is 362 g/mol. The molecule has 0 saturated heterocycles. The normalized spacial score (nSPS) is 11.5. The van der Waals surface area contributed by atoms with Crippen LogP contribution in [0.4, 0.5) is 0 Å². The molecule has 0 aliphatic rings. The summed E-state index contributed by atoms with van der Waals surface area (Å²) < 4.78 is 10.2. The number of hydrogen-bond donors (Lipinski definition) is 1. The fourth-order valence-electron chi connectivity index (χ4n) is 2.08. The van der Waals surface area contributed by atoms with Gasteiger partial charge in [-0.25, -0.2) is 9.78 Å². The minimum absolute atomic E-state index is 0.186. The summed E-state index contributed by atoms with van der Waals surface area (Å²) in [5.41, 5.74) is 1.31. The van der Waals surface area contributed by atoms with Gasteiger partial charge in [-0.2, -0.15) is 0 Å². The molecule has 25 heavy (non-hydrogen) atoms. The van der Waals surface area contributed by atoms with Crippen molar-refractivity contribution in [1.29, 1.82) is 0 Å². The second-order valence-corrected chi connectivity index (χ2v) is 5.69. The maximum Gasteiger partial charge on any atom is 0.339 e. The number of rotatable bonds is 7. The lowest BCUT2D eigenvalue weighted by Crippen LogP contribution is -2.36. The second kappa shape index (κ2) is 9.03. The Morgan fingerprint density at radius 1 is 1.24 bits per heavy atom. The highest BCUT2D eigenvalue weighted by Gasteiger charge is 2.18. The number of halogens is 1. The zero-order valence-corrected chi connectivity index (χ0v) is 14.7. The zero-order chi connectivity index (χ0) is 18.2. The van der Waals surface area contributed by atoms with Gasteiger partial charge in [-0.1, -0.05) is 23.7 Å². The molecular weight excluding hydrogens is 344 g/mol. The van der Waals surface area contributed by atoms with Crippen molar-refractivity contribution in [2.75, 3.05) is 13.7 Å². The van der Waals surface area contributed by atoms with E-state index in [4.69, 9.17) is 21.1 Å². The van der Waals surface area contributed by atoms with E-state index in [-0.39, 0.29) is 16.6 Å². The quantitative estimate of drug-likeness (QED) is 0.605. The summed E-state index contributed by atoms with van der Waals surface area (Å²) in [5.74, 6) is -0.200. The number of pyridine rings is 1. The molecule has 1 atom stereocenters. The number of amides is 1. The lowest BCUT2D eigenvalue weighted by Gasteiger charge is -2.13. The van der Waals surface area contributed by atoms with Gasteiger partial charge >= 0.3 is 5.97 Å². The Morgan fingerprint density at radius 2 is 1.96 bits per heavy atom. The minimum atomic E-state index is -0.907. The number of benzene rings is 1. The van der Waals surface area contributed by atoms with Crippen LogP contribution in [0.25, 0.3) is 0 Å². The number of nitrogens with one attached hydrogen (secondary N) is 1. The largest absolute Gasteiger partial charge is 0.497 e. The average molecular weight is 363 g/mol. The van der Waals surface area contributed by atoms with Crippen LogP contribution in [0.5, 0.6) is 5.75 Å². The molecule has 0 aliphatic heterocycles. The standard InChI is InChI=1S/C18H19ClN2O4/c1-12(25-18(23)14-8-10-20-16(19)11-14)17(22)21-9-7-13-3-5-15(24-2)6-4-13/h3-6,8,10-12H,7,9H2,1-2H3,(H,21,22). The predicted octanol–water partition coefficient (Wildman–Crippen LogP) is 2.65. The van der Waals surface area contributed by atoms with E-state index in [9.17, 15) is 9.59 Å². The van der Waals surface area contributed by atoms with Crippen molar-refractivity contribution < 1.29 is 19.1 Å². The molecule has 0 fully saturated rings. The van der Waals surface area contributed by atoms with Crippen molar-refractivity contribution in [3.63, 3.8) is 0 Å². The number of ether oxygens (including phenoxy) is 2. The van der Waals surface area contributed by atoms with Gasteiger partial charge in [0.1, 0.15) is 10.9 Å². The van der Waals surface area contributed by atoms with Crippen molar-refractivity contribution in [2.24, 2.45) is 0 Å². The van der Waals surface area contributed by atoms with Gasteiger partial charge < -0.3 is 14.8 Å². The molecule has 0 aliphatic carbocycles. The van der Waals surface area contributed by atoms with Crippen LogP contribution in [-0.4, -0.2) is 36.6 Å². The number of nitrogens with zero attached hydrogens (tertiary/aromatic N) is 1. The van der Waals surface area contributed by atoms with Crippen LogP contribution in [-0.2, 0) is 16.0 Å². The summed E-state index contributed by atoms with van der Waals surface area (Å²) in [7, 11) is 1.61. The highest BCUT2D eigenvalue weighted by Crippen LogP contribution is 2.12. The molecule has 1 aromatic heterocycles. The third-order valence-corrected chi connectivity index (χ3v) is 3.69. The molecule has 1 aromatic carbocycles. The first-order valence-corrected chi connectivity index (χ1v) is 8.10. The molecule has 7 heteroatoms. The Morgan fingerprint density at radius 3 is 2.60 bits per heavy atom. The number of hydrogen-bond acceptors (Lipinski definition) is 5. The molecule has 1 heterocycles. The molecule has 1 unspecified atom stereocenters. The van der Waals surface area contributed by atoms with E-state index in [2.05, 4.69) is 10.3 Å². The van der Waals surface area contributed by atoms with Gasteiger partial charge in [-0.15, -0.1) is 0 Å². The fraction of sp³-hybridized carbons (Fsp3) is 0.278. The average Bonchev–Trinajstić information content (AvgIpc) is 2.62. The van der Waals surface area contributed by atoms with E-state index in [1.807, 2.05) is 24.3 Å². The first-order chi connectivity index (χ1) is 12.0. The third-order valence-electron chi connectivity index (χ3n) is 3.49. The molecule has 2 aromatic rings. The summed E-state index contributed by atoms with van der Waals surface area (Å²) >= 11 is 5.73. The first-order valence-electron chi connectivity index (χ1n) is 7.73. The van der Waals surface area contributed by atoms with Gasteiger partial charge in [-0.3, -0.25) is 4.79 Å². The van der Waals surface area contributed by atoms with Gasteiger partial charge in [0.15, 0.2) is 6.10 Å². The van der Waals surface area contributed by atoms with Crippen LogP contribution in [0.2, 0.25) is 5.15 Å². The highest BCUT2D eigenvalue weighted by molar-refractivity contribution is 6.29. The summed E-state index contributed by atoms with van der Waals surface area (Å²) in [6.07, 6.45) is 1.16. The summed E-state index contributed by atoms with van der Waals surface area (Å²) in [6, 6.07) is 10.5. The number of carbonyl (C=O) groups is 2. The van der Waals surface area contributed by atoms with Crippen LogP contribution in [0.3, 0.4) is 0 Å². The van der Waals surface area contributed by atoms with Gasteiger partial charge in [0.05, 0.1) is 12.7 Å². The van der Waals surface area contributed by atoms with E-state index in [0.29, 0.717) is 13.0 Å². The number of methoxy groups -OCH3 is 1. The van der Waals surface area contributed by atoms with Crippen molar-refractivity contribution in [3.05, 3.63) is 58.9 Å². The Hall–Kier alpha value is -2.60. The molecule has 6 nitrogen and oxygen atoms in total. The molecule has 1 amide bonds. The van der Waals surface area contributed by atoms with Crippen LogP contribution in [0, 0.1) is 0 Å². The van der Waals surface area contributed by atoms with E-state index in [1.165, 1.54) is 25.3 Å². The zero-order valence-electron chi connectivity index (χ0n) is 14.0. The molecule has 0 saturated carbocycles. The van der Waals surface area contributed by atoms with Crippen molar-refractivity contribution in [2.45, 2.75) is 19.4 Å². The maximum atomic E-state index is 12.0. The minimum Gasteiger partial charge on any atom is -0.497 e. The lowest BCUT2D eigenvalue weighted by molar-refractivity contribution is -0.129. The smallest absolute Gasteiger partial charge is 0.339 e. The van der Waals surface area contributed by atoms with Crippen LogP contribution in [0.1, 0.15) is 22.8 Å². The Kier molecular flexibility index (Phi) is 6.77. The molecule has 0 radical (unpaired) electrons. The highest BCUT2D eigenvalue weighted by atomic mass is 35.5. The van der Waals surface area contributed by atoms with Gasteiger partial charge in [0.2, 0.25) is 0 Å². The van der Waals surface area contributed by atoms with E-state index < -0.39 is 12.1 Å². The molecule has 2 rings (SSSR count). The van der Waals surface area contributed by atoms with Crippen molar-refractivity contribution in [3.8, 4) is 5.75 Å². The molecule has 0 bridgehead atoms. The van der Waals surface area contributed by atoms with Crippen LogP contribution >= 0.6 is 11.6 Å². The number of esters is 1. The van der Waals surface area contributed by atoms with Gasteiger partial charge in [0.25, 0.3) is 5.91 Å². The topological polar surface area (TPSA) is 77.5 Å². The Labute approximate surface area is 151 Å². The summed E-state index contributed by atoms with van der Waals surface area (Å²) in [4.78, 5) is 27.8. The maximum absolute atomic E-state index is 12.0. The first kappa shape index (κ1) is 18.7. The van der Waals surface area contributed by atoms with E-state index in [0.717, 1.165) is 11.3 Å². The molecule has 1 N–H and O–H groups in total. The Bertz CT molecular complexity index is 734. The number of aromatic nitrogens is 1. The second-order valence-electron chi connectivity index (χ2n) is 5.30. The van der Waals surface area contributed by atoms with Crippen molar-refractivity contribution >= 4 is 23.5 Å².